The molecular weight excluding hydrogens is 256 g/mol. The summed E-state index contributed by atoms with van der Waals surface area (Å²) in [6.45, 7) is 7.65. The van der Waals surface area contributed by atoms with Gasteiger partial charge in [0.2, 0.25) is 0 Å². The van der Waals surface area contributed by atoms with E-state index < -0.39 is 17.4 Å². The number of hydrogen-bond acceptors (Lipinski definition) is 2. The molecule has 1 saturated carbocycles. The van der Waals surface area contributed by atoms with Gasteiger partial charge in [0.25, 0.3) is 0 Å². The van der Waals surface area contributed by atoms with Crippen LogP contribution in [0.5, 0.6) is 0 Å². The number of carboxylic acid groups (broad SMARTS) is 1. The molecule has 0 radical (unpaired) electrons. The van der Waals surface area contributed by atoms with E-state index in [1.165, 1.54) is 6.42 Å². The van der Waals surface area contributed by atoms with Crippen molar-refractivity contribution in [2.75, 3.05) is 0 Å². The van der Waals surface area contributed by atoms with Crippen LogP contribution >= 0.6 is 0 Å². The SMILES string of the molecule is CC1CCCC(NC(=O)NC(C(=O)O)C(C)(C)C)CC1. The minimum Gasteiger partial charge on any atom is -0.480 e. The summed E-state index contributed by atoms with van der Waals surface area (Å²) in [5.74, 6) is -0.284. The van der Waals surface area contributed by atoms with Gasteiger partial charge in [-0.25, -0.2) is 9.59 Å². The molecule has 0 bridgehead atoms. The van der Waals surface area contributed by atoms with Crippen LogP contribution in [0.2, 0.25) is 0 Å². The standard InChI is InChI=1S/C15H28N2O3/c1-10-6-5-7-11(9-8-10)16-14(20)17-12(13(18)19)15(2,3)4/h10-12H,5-9H2,1-4H3,(H,18,19)(H2,16,17,20). The fourth-order valence-electron chi connectivity index (χ4n) is 2.64. The molecule has 3 unspecified atom stereocenters. The number of rotatable bonds is 3. The van der Waals surface area contributed by atoms with E-state index in [-0.39, 0.29) is 12.1 Å². The number of carboxylic acids is 1. The van der Waals surface area contributed by atoms with Crippen LogP contribution in [0.15, 0.2) is 0 Å². The Morgan fingerprint density at radius 3 is 2.35 bits per heavy atom. The predicted molar refractivity (Wildman–Crippen MR) is 78.6 cm³/mol. The molecule has 0 aliphatic heterocycles. The van der Waals surface area contributed by atoms with Gasteiger partial charge in [-0.3, -0.25) is 0 Å². The molecule has 1 rings (SSSR count). The van der Waals surface area contributed by atoms with Crippen molar-refractivity contribution in [3.63, 3.8) is 0 Å². The van der Waals surface area contributed by atoms with Crippen molar-refractivity contribution in [1.29, 1.82) is 0 Å². The summed E-state index contributed by atoms with van der Waals surface area (Å²) in [7, 11) is 0. The predicted octanol–water partition coefficient (Wildman–Crippen LogP) is 2.75. The first kappa shape index (κ1) is 16.8. The van der Waals surface area contributed by atoms with E-state index >= 15 is 0 Å². The lowest BCUT2D eigenvalue weighted by molar-refractivity contribution is -0.141. The molecule has 20 heavy (non-hydrogen) atoms. The molecule has 0 aromatic carbocycles. The molecule has 5 heteroatoms. The summed E-state index contributed by atoms with van der Waals surface area (Å²) < 4.78 is 0. The zero-order valence-electron chi connectivity index (χ0n) is 13.0. The quantitative estimate of drug-likeness (QED) is 0.697. The summed E-state index contributed by atoms with van der Waals surface area (Å²) in [4.78, 5) is 23.2. The maximum atomic E-state index is 12.0. The van der Waals surface area contributed by atoms with Gasteiger partial charge in [-0.1, -0.05) is 40.5 Å². The lowest BCUT2D eigenvalue weighted by Gasteiger charge is -2.28. The Hall–Kier alpha value is -1.26. The molecule has 0 saturated heterocycles. The van der Waals surface area contributed by atoms with Crippen LogP contribution in [0.1, 0.15) is 59.8 Å². The molecule has 1 fully saturated rings. The summed E-state index contributed by atoms with van der Waals surface area (Å²) in [6, 6.07) is -1.09. The normalized spacial score (nSPS) is 25.4. The fourth-order valence-corrected chi connectivity index (χ4v) is 2.64. The van der Waals surface area contributed by atoms with Crippen LogP contribution in [0.4, 0.5) is 4.79 Å². The van der Waals surface area contributed by atoms with Crippen molar-refractivity contribution < 1.29 is 14.7 Å². The van der Waals surface area contributed by atoms with Crippen molar-refractivity contribution in [2.24, 2.45) is 11.3 Å². The number of carbonyl (C=O) groups excluding carboxylic acids is 1. The molecule has 1 aliphatic carbocycles. The molecule has 1 aliphatic rings. The Labute approximate surface area is 121 Å². The Bertz CT molecular complexity index is 350. The number of aliphatic carboxylic acids is 1. The highest BCUT2D eigenvalue weighted by Crippen LogP contribution is 2.23. The summed E-state index contributed by atoms with van der Waals surface area (Å²) in [5, 5.41) is 14.7. The van der Waals surface area contributed by atoms with Crippen LogP contribution in [0.25, 0.3) is 0 Å². The third-order valence-corrected chi connectivity index (χ3v) is 3.98. The van der Waals surface area contributed by atoms with Crippen molar-refractivity contribution >= 4 is 12.0 Å². The second kappa shape index (κ2) is 6.95. The zero-order valence-corrected chi connectivity index (χ0v) is 13.0. The minimum atomic E-state index is -0.998. The summed E-state index contributed by atoms with van der Waals surface area (Å²) in [6.07, 6.45) is 5.40. The van der Waals surface area contributed by atoms with E-state index in [9.17, 15) is 14.7 Å². The first-order valence-corrected chi connectivity index (χ1v) is 7.50. The third-order valence-electron chi connectivity index (χ3n) is 3.98. The van der Waals surface area contributed by atoms with Crippen molar-refractivity contribution in [3.05, 3.63) is 0 Å². The molecule has 0 aromatic heterocycles. The monoisotopic (exact) mass is 284 g/mol. The Kier molecular flexibility index (Phi) is 5.84. The number of hydrogen-bond donors (Lipinski definition) is 3. The van der Waals surface area contributed by atoms with Gasteiger partial charge in [-0.05, 0) is 30.6 Å². The Morgan fingerprint density at radius 2 is 1.80 bits per heavy atom. The van der Waals surface area contributed by atoms with E-state index in [2.05, 4.69) is 17.6 Å². The highest BCUT2D eigenvalue weighted by Gasteiger charge is 2.33. The van der Waals surface area contributed by atoms with Gasteiger partial charge in [0.05, 0.1) is 0 Å². The average Bonchev–Trinajstić information content (AvgIpc) is 2.49. The minimum absolute atomic E-state index is 0.161. The first-order chi connectivity index (χ1) is 9.20. The van der Waals surface area contributed by atoms with E-state index in [1.807, 2.05) is 0 Å². The van der Waals surface area contributed by atoms with Gasteiger partial charge in [0.1, 0.15) is 6.04 Å². The van der Waals surface area contributed by atoms with Gasteiger partial charge in [0, 0.05) is 6.04 Å². The van der Waals surface area contributed by atoms with Crippen LogP contribution in [-0.4, -0.2) is 29.2 Å². The maximum Gasteiger partial charge on any atom is 0.326 e. The van der Waals surface area contributed by atoms with Gasteiger partial charge in [-0.15, -0.1) is 0 Å². The molecule has 0 aromatic rings. The first-order valence-electron chi connectivity index (χ1n) is 7.50. The fraction of sp³-hybridized carbons (Fsp3) is 0.867. The second-order valence-electron chi connectivity index (χ2n) is 7.07. The number of amides is 2. The lowest BCUT2D eigenvalue weighted by Crippen LogP contribution is -2.53. The highest BCUT2D eigenvalue weighted by molar-refractivity contribution is 5.83. The van der Waals surface area contributed by atoms with E-state index in [4.69, 9.17) is 0 Å². The third kappa shape index (κ3) is 5.39. The molecule has 116 valence electrons. The number of urea groups is 1. The molecule has 3 N–H and O–H groups in total. The van der Waals surface area contributed by atoms with E-state index in [1.54, 1.807) is 20.8 Å². The Morgan fingerprint density at radius 1 is 1.15 bits per heavy atom. The van der Waals surface area contributed by atoms with Gasteiger partial charge < -0.3 is 15.7 Å². The van der Waals surface area contributed by atoms with Crippen molar-refractivity contribution in [1.82, 2.24) is 10.6 Å². The maximum absolute atomic E-state index is 12.0. The molecule has 2 amide bonds. The van der Waals surface area contributed by atoms with Crippen LogP contribution < -0.4 is 10.6 Å². The van der Waals surface area contributed by atoms with Crippen molar-refractivity contribution in [3.8, 4) is 0 Å². The Balaban J connectivity index is 2.51. The molecule has 3 atom stereocenters. The van der Waals surface area contributed by atoms with Crippen LogP contribution in [0.3, 0.4) is 0 Å². The van der Waals surface area contributed by atoms with Crippen LogP contribution in [-0.2, 0) is 4.79 Å². The molecule has 0 spiro atoms. The second-order valence-corrected chi connectivity index (χ2v) is 7.07. The van der Waals surface area contributed by atoms with Crippen LogP contribution in [0, 0.1) is 11.3 Å². The smallest absolute Gasteiger partial charge is 0.326 e. The topological polar surface area (TPSA) is 78.4 Å². The molecule has 5 nitrogen and oxygen atoms in total. The van der Waals surface area contributed by atoms with Gasteiger partial charge >= 0.3 is 12.0 Å². The molecular formula is C15H28N2O3. The zero-order chi connectivity index (χ0) is 15.3. The summed E-state index contributed by atoms with van der Waals surface area (Å²) >= 11 is 0. The van der Waals surface area contributed by atoms with Crippen molar-refractivity contribution in [2.45, 2.75) is 71.9 Å². The largest absolute Gasteiger partial charge is 0.480 e. The lowest BCUT2D eigenvalue weighted by atomic mass is 9.87. The van der Waals surface area contributed by atoms with E-state index in [0.717, 1.165) is 25.7 Å². The molecule has 0 heterocycles. The summed E-state index contributed by atoms with van der Waals surface area (Å²) in [5.41, 5.74) is -0.513. The van der Waals surface area contributed by atoms with E-state index in [0.29, 0.717) is 5.92 Å². The number of nitrogens with one attached hydrogen (secondary N) is 2. The van der Waals surface area contributed by atoms with Gasteiger partial charge in [0.15, 0.2) is 0 Å². The average molecular weight is 284 g/mol. The highest BCUT2D eigenvalue weighted by atomic mass is 16.4. The number of carbonyl (C=O) groups is 2. The van der Waals surface area contributed by atoms with Gasteiger partial charge in [-0.2, -0.15) is 0 Å².